The molecule has 1 saturated heterocycles. The number of carbonyl (C=O) groups excluding carboxylic acids is 3. The van der Waals surface area contributed by atoms with Gasteiger partial charge in [0.25, 0.3) is 11.8 Å². The first kappa shape index (κ1) is 15.1. The number of benzene rings is 1. The van der Waals surface area contributed by atoms with Gasteiger partial charge in [-0.1, -0.05) is 23.4 Å². The van der Waals surface area contributed by atoms with Gasteiger partial charge in [-0.3, -0.25) is 19.4 Å². The van der Waals surface area contributed by atoms with E-state index in [4.69, 9.17) is 4.74 Å². The maximum absolute atomic E-state index is 12.6. The van der Waals surface area contributed by atoms with Crippen molar-refractivity contribution in [2.75, 3.05) is 18.1 Å². The number of imide groups is 1. The van der Waals surface area contributed by atoms with Gasteiger partial charge in [0.15, 0.2) is 12.1 Å². The fourth-order valence-corrected chi connectivity index (χ4v) is 2.68. The van der Waals surface area contributed by atoms with E-state index in [-0.39, 0.29) is 24.8 Å². The van der Waals surface area contributed by atoms with Crippen molar-refractivity contribution < 1.29 is 19.1 Å². The molecule has 0 bridgehead atoms. The molecule has 0 radical (unpaired) electrons. The molecular weight excluding hydrogens is 300 g/mol. The molecule has 8 nitrogen and oxygen atoms in total. The van der Waals surface area contributed by atoms with Crippen molar-refractivity contribution in [1.29, 1.82) is 0 Å². The first-order valence-electron chi connectivity index (χ1n) is 7.39. The molecule has 0 saturated carbocycles. The fourth-order valence-electron chi connectivity index (χ4n) is 2.68. The molecule has 1 fully saturated rings. The van der Waals surface area contributed by atoms with Gasteiger partial charge in [0, 0.05) is 6.54 Å². The Balaban J connectivity index is 1.74. The third-order valence-corrected chi connectivity index (χ3v) is 3.72. The molecule has 0 aliphatic carbocycles. The van der Waals surface area contributed by atoms with Gasteiger partial charge in [0.1, 0.15) is 0 Å². The summed E-state index contributed by atoms with van der Waals surface area (Å²) in [6, 6.07) is 7.07. The van der Waals surface area contributed by atoms with Crippen molar-refractivity contribution in [2.45, 2.75) is 25.4 Å². The predicted octanol–water partition coefficient (Wildman–Crippen LogP) is 0.933. The Kier molecular flexibility index (Phi) is 4.05. The van der Waals surface area contributed by atoms with Crippen LogP contribution in [0.25, 0.3) is 0 Å². The SMILES string of the molecule is CCOC(=O)CCN1N=N[C@H]2C(=O)N(c3ccccc3)C(=O)[C@@H]21. The van der Waals surface area contributed by atoms with Crippen LogP contribution in [0.5, 0.6) is 0 Å². The highest BCUT2D eigenvalue weighted by Gasteiger charge is 2.54. The number of rotatable bonds is 5. The van der Waals surface area contributed by atoms with Crippen molar-refractivity contribution in [3.05, 3.63) is 30.3 Å². The molecule has 3 rings (SSSR count). The number of hydrogen-bond donors (Lipinski definition) is 0. The van der Waals surface area contributed by atoms with E-state index in [0.29, 0.717) is 12.3 Å². The van der Waals surface area contributed by atoms with Crippen LogP contribution in [0.1, 0.15) is 13.3 Å². The second kappa shape index (κ2) is 6.15. The lowest BCUT2D eigenvalue weighted by Gasteiger charge is -2.20. The zero-order chi connectivity index (χ0) is 16.4. The molecule has 2 heterocycles. The van der Waals surface area contributed by atoms with Crippen LogP contribution in [-0.4, -0.2) is 48.0 Å². The molecule has 2 atom stereocenters. The molecular formula is C15H16N4O4. The van der Waals surface area contributed by atoms with E-state index in [1.54, 1.807) is 37.3 Å². The maximum atomic E-state index is 12.6. The number of amides is 2. The van der Waals surface area contributed by atoms with Crippen molar-refractivity contribution in [3.63, 3.8) is 0 Å². The molecule has 23 heavy (non-hydrogen) atoms. The Morgan fingerprint density at radius 2 is 1.96 bits per heavy atom. The van der Waals surface area contributed by atoms with E-state index in [1.165, 1.54) is 5.01 Å². The molecule has 0 unspecified atom stereocenters. The molecule has 1 aromatic carbocycles. The third-order valence-electron chi connectivity index (χ3n) is 3.72. The lowest BCUT2D eigenvalue weighted by molar-refractivity contribution is -0.143. The summed E-state index contributed by atoms with van der Waals surface area (Å²) in [4.78, 5) is 37.6. The van der Waals surface area contributed by atoms with Crippen molar-refractivity contribution in [3.8, 4) is 0 Å². The van der Waals surface area contributed by atoms with E-state index >= 15 is 0 Å². The number of nitrogens with zero attached hydrogens (tertiary/aromatic N) is 4. The van der Waals surface area contributed by atoms with Gasteiger partial charge in [0.05, 0.1) is 18.7 Å². The maximum Gasteiger partial charge on any atom is 0.307 e. The molecule has 2 aliphatic rings. The molecule has 0 spiro atoms. The summed E-state index contributed by atoms with van der Waals surface area (Å²) in [5.74, 6) is -1.14. The quantitative estimate of drug-likeness (QED) is 0.595. The second-order valence-corrected chi connectivity index (χ2v) is 5.16. The van der Waals surface area contributed by atoms with Crippen LogP contribution >= 0.6 is 0 Å². The van der Waals surface area contributed by atoms with E-state index in [1.807, 2.05) is 0 Å². The van der Waals surface area contributed by atoms with E-state index < -0.39 is 18.0 Å². The number of para-hydroxylation sites is 1. The van der Waals surface area contributed by atoms with Crippen molar-refractivity contribution >= 4 is 23.5 Å². The van der Waals surface area contributed by atoms with E-state index in [2.05, 4.69) is 10.3 Å². The minimum Gasteiger partial charge on any atom is -0.466 e. The fraction of sp³-hybridized carbons (Fsp3) is 0.400. The Morgan fingerprint density at radius 1 is 1.22 bits per heavy atom. The van der Waals surface area contributed by atoms with Crippen LogP contribution in [0.2, 0.25) is 0 Å². The van der Waals surface area contributed by atoms with Gasteiger partial charge in [-0.25, -0.2) is 4.90 Å². The van der Waals surface area contributed by atoms with Crippen LogP contribution in [0.4, 0.5) is 5.69 Å². The Hall–Kier alpha value is -2.77. The normalized spacial score (nSPS) is 22.7. The number of hydrogen-bond acceptors (Lipinski definition) is 7. The first-order chi connectivity index (χ1) is 11.1. The summed E-state index contributed by atoms with van der Waals surface area (Å²) in [6.07, 6.45) is 0.0862. The standard InChI is InChI=1S/C15H16N4O4/c1-2-23-11(20)8-9-18-13-12(16-17-18)14(21)19(15(13)22)10-6-4-3-5-7-10/h3-7,12-13H,2,8-9H2,1H3/t12-,13-/m1/s1. The number of carbonyl (C=O) groups is 3. The largest absolute Gasteiger partial charge is 0.466 e. The van der Waals surface area contributed by atoms with Gasteiger partial charge in [0.2, 0.25) is 0 Å². The zero-order valence-corrected chi connectivity index (χ0v) is 12.6. The molecule has 2 amide bonds. The minimum atomic E-state index is -0.843. The van der Waals surface area contributed by atoms with E-state index in [0.717, 1.165) is 4.90 Å². The van der Waals surface area contributed by atoms with Crippen LogP contribution in [-0.2, 0) is 19.1 Å². The number of ether oxygens (including phenoxy) is 1. The summed E-state index contributed by atoms with van der Waals surface area (Å²) >= 11 is 0. The molecule has 2 aliphatic heterocycles. The van der Waals surface area contributed by atoms with Crippen LogP contribution in [0.3, 0.4) is 0 Å². The Morgan fingerprint density at radius 3 is 2.65 bits per heavy atom. The second-order valence-electron chi connectivity index (χ2n) is 5.16. The van der Waals surface area contributed by atoms with Gasteiger partial charge in [-0.15, -0.1) is 0 Å². The molecule has 120 valence electrons. The number of fused-ring (bicyclic) bond motifs is 1. The lowest BCUT2D eigenvalue weighted by atomic mass is 10.1. The summed E-state index contributed by atoms with van der Waals surface area (Å²) in [7, 11) is 0. The minimum absolute atomic E-state index is 0.0862. The smallest absolute Gasteiger partial charge is 0.307 e. The van der Waals surface area contributed by atoms with Crippen molar-refractivity contribution in [2.24, 2.45) is 10.3 Å². The number of esters is 1. The van der Waals surface area contributed by atoms with Gasteiger partial charge < -0.3 is 4.74 Å². The highest BCUT2D eigenvalue weighted by Crippen LogP contribution is 2.31. The summed E-state index contributed by atoms with van der Waals surface area (Å²) in [5, 5.41) is 9.15. The first-order valence-corrected chi connectivity index (χ1v) is 7.39. The van der Waals surface area contributed by atoms with Gasteiger partial charge in [-0.2, -0.15) is 5.11 Å². The average Bonchev–Trinajstić information content (AvgIpc) is 3.07. The topological polar surface area (TPSA) is 91.6 Å². The monoisotopic (exact) mass is 316 g/mol. The van der Waals surface area contributed by atoms with Gasteiger partial charge >= 0.3 is 5.97 Å². The summed E-state index contributed by atoms with van der Waals surface area (Å²) in [5.41, 5.74) is 0.512. The van der Waals surface area contributed by atoms with Gasteiger partial charge in [-0.05, 0) is 19.1 Å². The summed E-state index contributed by atoms with van der Waals surface area (Å²) < 4.78 is 4.85. The molecule has 8 heteroatoms. The lowest BCUT2D eigenvalue weighted by Crippen LogP contribution is -2.40. The predicted molar refractivity (Wildman–Crippen MR) is 79.3 cm³/mol. The van der Waals surface area contributed by atoms with Crippen LogP contribution in [0, 0.1) is 0 Å². The van der Waals surface area contributed by atoms with Crippen LogP contribution < -0.4 is 4.90 Å². The zero-order valence-electron chi connectivity index (χ0n) is 12.6. The highest BCUT2D eigenvalue weighted by atomic mass is 16.5. The molecule has 0 N–H and O–H groups in total. The van der Waals surface area contributed by atoms with Crippen molar-refractivity contribution in [1.82, 2.24) is 5.01 Å². The average molecular weight is 316 g/mol. The molecule has 0 aromatic heterocycles. The third kappa shape index (κ3) is 2.67. The molecule has 1 aromatic rings. The Bertz CT molecular complexity index is 661. The Labute approximate surface area is 132 Å². The van der Waals surface area contributed by atoms with E-state index in [9.17, 15) is 14.4 Å². The highest BCUT2D eigenvalue weighted by molar-refractivity contribution is 6.25. The summed E-state index contributed by atoms with van der Waals surface area (Å²) in [6.45, 7) is 2.21. The number of anilines is 1. The van der Waals surface area contributed by atoms with Crippen LogP contribution in [0.15, 0.2) is 40.7 Å².